The molecule has 2 nitrogen and oxygen atoms in total. The van der Waals surface area contributed by atoms with Gasteiger partial charge in [-0.3, -0.25) is 4.79 Å². The van der Waals surface area contributed by atoms with Crippen LogP contribution in [0, 0.1) is 0 Å². The van der Waals surface area contributed by atoms with Gasteiger partial charge in [-0.15, -0.1) is 11.6 Å². The standard InChI is InChI=1S/C7H10ClF2NO/c1-2-5(8)6(12)11-3-7(9,10)4-11/h5H,2-4H2,1H3/t5-/m0/s1. The van der Waals surface area contributed by atoms with Gasteiger partial charge >= 0.3 is 0 Å². The van der Waals surface area contributed by atoms with E-state index in [4.69, 9.17) is 11.6 Å². The molecule has 1 aliphatic rings. The van der Waals surface area contributed by atoms with Gasteiger partial charge in [-0.1, -0.05) is 6.92 Å². The van der Waals surface area contributed by atoms with Crippen LogP contribution in [0.4, 0.5) is 8.78 Å². The van der Waals surface area contributed by atoms with E-state index >= 15 is 0 Å². The minimum atomic E-state index is -2.69. The van der Waals surface area contributed by atoms with Crippen molar-refractivity contribution in [3.8, 4) is 0 Å². The van der Waals surface area contributed by atoms with Crippen LogP contribution in [0.2, 0.25) is 0 Å². The van der Waals surface area contributed by atoms with Gasteiger partial charge in [0.25, 0.3) is 5.92 Å². The number of rotatable bonds is 2. The molecule has 0 aliphatic carbocycles. The topological polar surface area (TPSA) is 20.3 Å². The van der Waals surface area contributed by atoms with Gasteiger partial charge in [0.2, 0.25) is 5.91 Å². The molecule has 1 fully saturated rings. The van der Waals surface area contributed by atoms with Crippen LogP contribution in [0.25, 0.3) is 0 Å². The number of halogens is 3. The average Bonchev–Trinajstić information content (AvgIpc) is 1.97. The predicted octanol–water partition coefficient (Wildman–Crippen LogP) is 1.48. The third kappa shape index (κ3) is 1.86. The second kappa shape index (κ2) is 3.17. The molecule has 5 heteroatoms. The van der Waals surface area contributed by atoms with E-state index in [1.54, 1.807) is 6.92 Å². The van der Waals surface area contributed by atoms with Gasteiger partial charge in [-0.05, 0) is 6.42 Å². The summed E-state index contributed by atoms with van der Waals surface area (Å²) in [5, 5.41) is -0.652. The summed E-state index contributed by atoms with van der Waals surface area (Å²) in [5.74, 6) is -3.08. The molecule has 0 N–H and O–H groups in total. The van der Waals surface area contributed by atoms with Crippen molar-refractivity contribution in [3.63, 3.8) is 0 Å². The Balaban J connectivity index is 2.38. The Bertz CT molecular complexity index is 190. The first-order chi connectivity index (χ1) is 5.46. The first-order valence-corrected chi connectivity index (χ1v) is 4.20. The Kier molecular flexibility index (Phi) is 2.56. The van der Waals surface area contributed by atoms with Crippen molar-refractivity contribution in [1.82, 2.24) is 4.90 Å². The van der Waals surface area contributed by atoms with Crippen LogP contribution in [0.1, 0.15) is 13.3 Å². The molecule has 0 aromatic carbocycles. The highest BCUT2D eigenvalue weighted by molar-refractivity contribution is 6.30. The Labute approximate surface area is 74.5 Å². The number of amides is 1. The van der Waals surface area contributed by atoms with Crippen molar-refractivity contribution >= 4 is 17.5 Å². The summed E-state index contributed by atoms with van der Waals surface area (Å²) in [7, 11) is 0. The van der Waals surface area contributed by atoms with Gasteiger partial charge < -0.3 is 4.90 Å². The molecule has 0 spiro atoms. The number of alkyl halides is 3. The van der Waals surface area contributed by atoms with Crippen LogP contribution in [0.15, 0.2) is 0 Å². The van der Waals surface area contributed by atoms with Crippen molar-refractivity contribution in [3.05, 3.63) is 0 Å². The van der Waals surface area contributed by atoms with Crippen LogP contribution in [-0.4, -0.2) is 35.2 Å². The minimum Gasteiger partial charge on any atom is -0.329 e. The fourth-order valence-electron chi connectivity index (χ4n) is 1.04. The lowest BCUT2D eigenvalue weighted by molar-refractivity contribution is -0.165. The van der Waals surface area contributed by atoms with Crippen LogP contribution in [0.3, 0.4) is 0 Å². The molecular formula is C7H10ClF2NO. The van der Waals surface area contributed by atoms with Crippen LogP contribution in [-0.2, 0) is 4.79 Å². The third-order valence-corrected chi connectivity index (χ3v) is 2.28. The van der Waals surface area contributed by atoms with Crippen molar-refractivity contribution in [1.29, 1.82) is 0 Å². The first kappa shape index (κ1) is 9.71. The van der Waals surface area contributed by atoms with E-state index in [2.05, 4.69) is 0 Å². The summed E-state index contributed by atoms with van der Waals surface area (Å²) in [5.41, 5.74) is 0. The lowest BCUT2D eigenvalue weighted by Crippen LogP contribution is -2.60. The van der Waals surface area contributed by atoms with Gasteiger partial charge in [0.05, 0.1) is 13.1 Å². The highest BCUT2D eigenvalue weighted by Crippen LogP contribution is 2.27. The van der Waals surface area contributed by atoms with Crippen molar-refractivity contribution in [2.75, 3.05) is 13.1 Å². The van der Waals surface area contributed by atoms with Gasteiger partial charge in [-0.2, -0.15) is 0 Å². The monoisotopic (exact) mass is 197 g/mol. The lowest BCUT2D eigenvalue weighted by Gasteiger charge is -2.39. The van der Waals surface area contributed by atoms with E-state index in [9.17, 15) is 13.6 Å². The molecular weight excluding hydrogens is 188 g/mol. The average molecular weight is 198 g/mol. The summed E-state index contributed by atoms with van der Waals surface area (Å²) < 4.78 is 24.6. The molecule has 12 heavy (non-hydrogen) atoms. The largest absolute Gasteiger partial charge is 0.329 e. The van der Waals surface area contributed by atoms with Gasteiger partial charge in [0.1, 0.15) is 5.38 Å². The molecule has 1 heterocycles. The molecule has 0 radical (unpaired) electrons. The SMILES string of the molecule is CC[C@H](Cl)C(=O)N1CC(F)(F)C1. The van der Waals surface area contributed by atoms with E-state index in [1.165, 1.54) is 0 Å². The Morgan fingerprint density at radius 1 is 1.67 bits per heavy atom. The molecule has 1 saturated heterocycles. The maximum absolute atomic E-state index is 12.3. The summed E-state index contributed by atoms with van der Waals surface area (Å²) in [4.78, 5) is 12.2. The number of nitrogens with zero attached hydrogens (tertiary/aromatic N) is 1. The molecule has 1 amide bonds. The fourth-order valence-corrected chi connectivity index (χ4v) is 1.18. The fraction of sp³-hybridized carbons (Fsp3) is 0.857. The molecule has 1 aliphatic heterocycles. The molecule has 1 rings (SSSR count). The van der Waals surface area contributed by atoms with Crippen molar-refractivity contribution in [2.45, 2.75) is 24.6 Å². The quantitative estimate of drug-likeness (QED) is 0.614. The van der Waals surface area contributed by atoms with Gasteiger partial charge in [0.15, 0.2) is 0 Å². The number of hydrogen-bond donors (Lipinski definition) is 0. The van der Waals surface area contributed by atoms with Crippen LogP contribution < -0.4 is 0 Å². The molecule has 0 saturated carbocycles. The Morgan fingerprint density at radius 2 is 2.17 bits per heavy atom. The highest BCUT2D eigenvalue weighted by atomic mass is 35.5. The Hall–Kier alpha value is -0.380. The minimum absolute atomic E-state index is 0.384. The number of carbonyl (C=O) groups is 1. The normalized spacial score (nSPS) is 23.2. The summed E-state index contributed by atoms with van der Waals surface area (Å²) in [6, 6.07) is 0. The Morgan fingerprint density at radius 3 is 2.50 bits per heavy atom. The van der Waals surface area contributed by atoms with Crippen LogP contribution >= 0.6 is 11.6 Å². The molecule has 0 aromatic heterocycles. The highest BCUT2D eigenvalue weighted by Gasteiger charge is 2.47. The zero-order chi connectivity index (χ0) is 9.35. The maximum Gasteiger partial charge on any atom is 0.282 e. The summed E-state index contributed by atoms with van der Waals surface area (Å²) in [6.45, 7) is 0.789. The van der Waals surface area contributed by atoms with Crippen molar-refractivity contribution < 1.29 is 13.6 Å². The van der Waals surface area contributed by atoms with Crippen LogP contribution in [0.5, 0.6) is 0 Å². The molecule has 70 valence electrons. The van der Waals surface area contributed by atoms with Gasteiger partial charge in [0, 0.05) is 0 Å². The number of carbonyl (C=O) groups excluding carboxylic acids is 1. The van der Waals surface area contributed by atoms with E-state index in [0.29, 0.717) is 6.42 Å². The smallest absolute Gasteiger partial charge is 0.282 e. The lowest BCUT2D eigenvalue weighted by atomic mass is 10.1. The molecule has 0 aromatic rings. The summed E-state index contributed by atoms with van der Waals surface area (Å²) >= 11 is 5.58. The molecule has 0 unspecified atom stereocenters. The number of likely N-dealkylation sites (tertiary alicyclic amines) is 1. The molecule has 1 atom stereocenters. The third-order valence-electron chi connectivity index (χ3n) is 1.78. The van der Waals surface area contributed by atoms with E-state index in [0.717, 1.165) is 4.90 Å². The first-order valence-electron chi connectivity index (χ1n) is 3.77. The summed E-state index contributed by atoms with van der Waals surface area (Å²) in [6.07, 6.45) is 0.475. The predicted molar refractivity (Wildman–Crippen MR) is 41.5 cm³/mol. The number of hydrogen-bond acceptors (Lipinski definition) is 1. The zero-order valence-corrected chi connectivity index (χ0v) is 7.44. The van der Waals surface area contributed by atoms with E-state index in [1.807, 2.05) is 0 Å². The van der Waals surface area contributed by atoms with E-state index < -0.39 is 24.4 Å². The second-order valence-electron chi connectivity index (χ2n) is 2.93. The van der Waals surface area contributed by atoms with Crippen molar-refractivity contribution in [2.24, 2.45) is 0 Å². The maximum atomic E-state index is 12.3. The zero-order valence-electron chi connectivity index (χ0n) is 6.69. The van der Waals surface area contributed by atoms with Gasteiger partial charge in [-0.25, -0.2) is 8.78 Å². The second-order valence-corrected chi connectivity index (χ2v) is 3.45. The molecule has 0 bridgehead atoms. The van der Waals surface area contributed by atoms with E-state index in [-0.39, 0.29) is 5.91 Å².